The number of rotatable bonds is 3. The Morgan fingerprint density at radius 1 is 1.40 bits per heavy atom. The zero-order chi connectivity index (χ0) is 17.0. The molecule has 1 aromatic carbocycles. The number of hydrogen-bond acceptors (Lipinski definition) is 5. The lowest BCUT2D eigenvalue weighted by molar-refractivity contribution is 0.0909. The molecule has 3 atom stereocenters. The molecule has 2 bridgehead atoms. The maximum atomic E-state index is 12.7. The number of nitrogens with zero attached hydrogens (tertiary/aromatic N) is 3. The number of piperidine rings is 1. The van der Waals surface area contributed by atoms with Crippen LogP contribution in [0.25, 0.3) is 22.4 Å². The summed E-state index contributed by atoms with van der Waals surface area (Å²) in [7, 11) is 2.16. The number of carbonyl (C=O) groups excluding carboxylic acids is 1. The Labute approximate surface area is 144 Å². The second-order valence-corrected chi connectivity index (χ2v) is 7.07. The van der Waals surface area contributed by atoms with Crippen molar-refractivity contribution in [2.45, 2.75) is 24.9 Å². The Morgan fingerprint density at radius 2 is 2.32 bits per heavy atom. The second-order valence-electron chi connectivity index (χ2n) is 7.07. The van der Waals surface area contributed by atoms with Crippen LogP contribution < -0.4 is 5.32 Å². The minimum absolute atomic E-state index is 0.102. The van der Waals surface area contributed by atoms with Gasteiger partial charge in [0.2, 0.25) is 5.89 Å². The summed E-state index contributed by atoms with van der Waals surface area (Å²) in [5.74, 6) is 1.00. The fourth-order valence-corrected chi connectivity index (χ4v) is 4.28. The van der Waals surface area contributed by atoms with E-state index in [1.165, 1.54) is 12.7 Å². The lowest BCUT2D eigenvalue weighted by Crippen LogP contribution is -2.44. The summed E-state index contributed by atoms with van der Waals surface area (Å²) in [6.07, 6.45) is 5.36. The van der Waals surface area contributed by atoms with E-state index < -0.39 is 0 Å². The molecule has 1 aliphatic heterocycles. The molecular formula is C18H19N5O2. The van der Waals surface area contributed by atoms with Crippen LogP contribution in [-0.2, 0) is 0 Å². The van der Waals surface area contributed by atoms with E-state index in [4.69, 9.17) is 4.42 Å². The highest BCUT2D eigenvalue weighted by Gasteiger charge is 2.43. The fraction of sp³-hybridized carbons (Fsp3) is 0.389. The molecule has 2 N–H and O–H groups in total. The van der Waals surface area contributed by atoms with Crippen LogP contribution in [0.3, 0.4) is 0 Å². The summed E-state index contributed by atoms with van der Waals surface area (Å²) in [6.45, 7) is 1.07. The number of H-pyrrole nitrogens is 1. The van der Waals surface area contributed by atoms with Gasteiger partial charge in [-0.2, -0.15) is 5.10 Å². The maximum Gasteiger partial charge on any atom is 0.272 e. The van der Waals surface area contributed by atoms with Crippen molar-refractivity contribution in [2.24, 2.45) is 5.92 Å². The van der Waals surface area contributed by atoms with Gasteiger partial charge >= 0.3 is 0 Å². The Kier molecular flexibility index (Phi) is 3.18. The molecule has 7 nitrogen and oxygen atoms in total. The van der Waals surface area contributed by atoms with E-state index in [-0.39, 0.29) is 11.9 Å². The maximum absolute atomic E-state index is 12.7. The van der Waals surface area contributed by atoms with Gasteiger partial charge in [0, 0.05) is 29.6 Å². The van der Waals surface area contributed by atoms with Crippen molar-refractivity contribution < 1.29 is 9.21 Å². The largest absolute Gasteiger partial charge is 0.445 e. The number of nitrogens with one attached hydrogen (secondary N) is 2. The van der Waals surface area contributed by atoms with Gasteiger partial charge < -0.3 is 14.6 Å². The van der Waals surface area contributed by atoms with Crippen LogP contribution in [-0.4, -0.2) is 51.7 Å². The normalized spacial score (nSPS) is 25.7. The average molecular weight is 337 g/mol. The zero-order valence-electron chi connectivity index (χ0n) is 13.9. The van der Waals surface area contributed by atoms with Crippen molar-refractivity contribution in [2.75, 3.05) is 13.6 Å². The Hall–Kier alpha value is -2.67. The molecule has 7 heteroatoms. The molecule has 1 amide bonds. The highest BCUT2D eigenvalue weighted by Crippen LogP contribution is 2.36. The second kappa shape index (κ2) is 5.42. The number of likely N-dealkylation sites (tertiary alicyclic amines) is 1. The quantitative estimate of drug-likeness (QED) is 0.764. The minimum atomic E-state index is -0.102. The number of aromatic amines is 1. The summed E-state index contributed by atoms with van der Waals surface area (Å²) < 4.78 is 5.32. The van der Waals surface area contributed by atoms with E-state index in [1.807, 2.05) is 18.2 Å². The predicted molar refractivity (Wildman–Crippen MR) is 92.0 cm³/mol. The standard InChI is InChI=1S/C18H19N5O2/c1-23-9-11-6-12(23)8-14(11)20-17(24)16-13-3-2-10(7-15(13)21-22-16)18-19-4-5-25-18/h2-5,7,11-12,14H,6,8-9H2,1H3,(H,20,24)(H,21,22). The molecular weight excluding hydrogens is 318 g/mol. The van der Waals surface area contributed by atoms with E-state index in [0.29, 0.717) is 23.5 Å². The number of aromatic nitrogens is 3. The van der Waals surface area contributed by atoms with E-state index in [9.17, 15) is 4.79 Å². The first kappa shape index (κ1) is 14.7. The third-order valence-corrected chi connectivity index (χ3v) is 5.59. The average Bonchev–Trinajstić information content (AvgIpc) is 3.37. The van der Waals surface area contributed by atoms with Crippen LogP contribution in [0.15, 0.2) is 35.1 Å². The van der Waals surface area contributed by atoms with Crippen LogP contribution in [0, 0.1) is 5.92 Å². The Bertz CT molecular complexity index is 930. The molecule has 2 aromatic heterocycles. The molecule has 0 radical (unpaired) electrons. The summed E-state index contributed by atoms with van der Waals surface area (Å²) >= 11 is 0. The summed E-state index contributed by atoms with van der Waals surface area (Å²) in [4.78, 5) is 19.2. The van der Waals surface area contributed by atoms with Crippen LogP contribution in [0.4, 0.5) is 0 Å². The molecule has 25 heavy (non-hydrogen) atoms. The Morgan fingerprint density at radius 3 is 3.04 bits per heavy atom. The van der Waals surface area contributed by atoms with E-state index in [0.717, 1.165) is 29.4 Å². The number of carbonyl (C=O) groups is 1. The lowest BCUT2D eigenvalue weighted by Gasteiger charge is -2.28. The van der Waals surface area contributed by atoms with Gasteiger partial charge in [-0.25, -0.2) is 4.98 Å². The molecule has 128 valence electrons. The predicted octanol–water partition coefficient (Wildman–Crippen LogP) is 2.04. The van der Waals surface area contributed by atoms with Crippen LogP contribution in [0.1, 0.15) is 23.3 Å². The van der Waals surface area contributed by atoms with Crippen molar-refractivity contribution >= 4 is 16.8 Å². The van der Waals surface area contributed by atoms with Crippen LogP contribution in [0.5, 0.6) is 0 Å². The minimum Gasteiger partial charge on any atom is -0.445 e. The van der Waals surface area contributed by atoms with Gasteiger partial charge in [0.25, 0.3) is 5.91 Å². The van der Waals surface area contributed by atoms with Gasteiger partial charge in [0.15, 0.2) is 5.69 Å². The first-order valence-corrected chi connectivity index (χ1v) is 8.58. The third kappa shape index (κ3) is 2.34. The molecule has 1 saturated carbocycles. The lowest BCUT2D eigenvalue weighted by atomic mass is 10.0. The molecule has 2 fully saturated rings. The van der Waals surface area contributed by atoms with E-state index in [1.54, 1.807) is 6.20 Å². The van der Waals surface area contributed by atoms with Crippen molar-refractivity contribution in [1.29, 1.82) is 0 Å². The molecule has 0 spiro atoms. The smallest absolute Gasteiger partial charge is 0.272 e. The van der Waals surface area contributed by atoms with Gasteiger partial charge in [-0.3, -0.25) is 9.89 Å². The third-order valence-electron chi connectivity index (χ3n) is 5.59. The molecule has 3 aromatic rings. The molecule has 5 rings (SSSR count). The van der Waals surface area contributed by atoms with Crippen molar-refractivity contribution in [3.63, 3.8) is 0 Å². The van der Waals surface area contributed by atoms with Crippen LogP contribution in [0.2, 0.25) is 0 Å². The molecule has 1 aliphatic carbocycles. The number of amides is 1. The van der Waals surface area contributed by atoms with Gasteiger partial charge in [-0.1, -0.05) is 0 Å². The van der Waals surface area contributed by atoms with E-state index >= 15 is 0 Å². The zero-order valence-corrected chi connectivity index (χ0v) is 13.9. The number of benzene rings is 1. The Balaban J connectivity index is 1.39. The van der Waals surface area contributed by atoms with Gasteiger partial charge in [-0.15, -0.1) is 0 Å². The first-order chi connectivity index (χ1) is 12.2. The molecule has 3 unspecified atom stereocenters. The highest BCUT2D eigenvalue weighted by molar-refractivity contribution is 6.05. The summed E-state index contributed by atoms with van der Waals surface area (Å²) in [6, 6.07) is 6.55. The number of hydrogen-bond donors (Lipinski definition) is 2. The van der Waals surface area contributed by atoms with E-state index in [2.05, 4.69) is 32.4 Å². The SMILES string of the molecule is CN1CC2CC1CC2NC(=O)c1n[nH]c2cc(-c3ncco3)ccc12. The molecule has 1 saturated heterocycles. The van der Waals surface area contributed by atoms with Crippen molar-refractivity contribution in [3.8, 4) is 11.5 Å². The highest BCUT2D eigenvalue weighted by atomic mass is 16.3. The van der Waals surface area contributed by atoms with Gasteiger partial charge in [0.05, 0.1) is 11.7 Å². The van der Waals surface area contributed by atoms with Crippen molar-refractivity contribution in [3.05, 3.63) is 36.4 Å². The fourth-order valence-electron chi connectivity index (χ4n) is 4.28. The molecule has 2 aliphatic rings. The monoisotopic (exact) mass is 337 g/mol. The molecule has 3 heterocycles. The topological polar surface area (TPSA) is 87.0 Å². The van der Waals surface area contributed by atoms with Crippen LogP contribution >= 0.6 is 0 Å². The number of oxazole rings is 1. The summed E-state index contributed by atoms with van der Waals surface area (Å²) in [5.41, 5.74) is 2.10. The van der Waals surface area contributed by atoms with Gasteiger partial charge in [0.1, 0.15) is 6.26 Å². The van der Waals surface area contributed by atoms with Crippen molar-refractivity contribution in [1.82, 2.24) is 25.4 Å². The summed E-state index contributed by atoms with van der Waals surface area (Å²) in [5, 5.41) is 11.2. The van der Waals surface area contributed by atoms with Gasteiger partial charge in [-0.05, 0) is 44.0 Å². The first-order valence-electron chi connectivity index (χ1n) is 8.58. The number of fused-ring (bicyclic) bond motifs is 3.